The number of nitrogen functional groups attached to an aromatic ring is 1. The third-order valence-corrected chi connectivity index (χ3v) is 3.03. The first-order valence-electron chi connectivity index (χ1n) is 5.36. The van der Waals surface area contributed by atoms with E-state index in [0.29, 0.717) is 12.2 Å². The molecule has 5 heteroatoms. The van der Waals surface area contributed by atoms with Crippen LogP contribution in [0.3, 0.4) is 0 Å². The minimum atomic E-state index is 0.0382. The summed E-state index contributed by atoms with van der Waals surface area (Å²) in [4.78, 5) is 11.3. The largest absolute Gasteiger partial charge is 0.383 e. The zero-order chi connectivity index (χ0) is 12.0. The Morgan fingerprint density at radius 3 is 3.00 bits per heavy atom. The van der Waals surface area contributed by atoms with Crippen LogP contribution in [0.5, 0.6) is 0 Å². The van der Waals surface area contributed by atoms with Gasteiger partial charge in [0.25, 0.3) is 0 Å². The van der Waals surface area contributed by atoms with Crippen LogP contribution in [0.15, 0.2) is 24.4 Å². The molecular formula is C12H12N4O. The fourth-order valence-electron chi connectivity index (χ4n) is 2.07. The number of carbonyl (C=O) groups excluding carboxylic acids is 1. The lowest BCUT2D eigenvalue weighted by molar-refractivity contribution is -0.115. The van der Waals surface area contributed by atoms with E-state index in [1.54, 1.807) is 17.9 Å². The summed E-state index contributed by atoms with van der Waals surface area (Å²) < 4.78 is 1.63. The summed E-state index contributed by atoms with van der Waals surface area (Å²) in [5.74, 6) is 0.665. The van der Waals surface area contributed by atoms with Gasteiger partial charge in [-0.15, -0.1) is 0 Å². The quantitative estimate of drug-likeness (QED) is 0.769. The van der Waals surface area contributed by atoms with Crippen molar-refractivity contribution in [2.24, 2.45) is 7.05 Å². The normalized spacial score (nSPS) is 13.6. The molecule has 0 unspecified atom stereocenters. The Bertz CT molecular complexity index is 615. The number of aromatic nitrogens is 2. The minimum absolute atomic E-state index is 0.0382. The van der Waals surface area contributed by atoms with Gasteiger partial charge in [0, 0.05) is 18.3 Å². The molecule has 17 heavy (non-hydrogen) atoms. The fourth-order valence-corrected chi connectivity index (χ4v) is 2.07. The number of amides is 1. The summed E-state index contributed by atoms with van der Waals surface area (Å²) in [6, 6.07) is 5.83. The van der Waals surface area contributed by atoms with Crippen molar-refractivity contribution in [3.8, 4) is 11.1 Å². The number of hydrogen-bond donors (Lipinski definition) is 2. The van der Waals surface area contributed by atoms with Crippen LogP contribution in [0.25, 0.3) is 11.1 Å². The third-order valence-electron chi connectivity index (χ3n) is 3.03. The maximum Gasteiger partial charge on any atom is 0.228 e. The number of anilines is 2. The van der Waals surface area contributed by atoms with Gasteiger partial charge in [-0.3, -0.25) is 9.48 Å². The monoisotopic (exact) mass is 228 g/mol. The molecule has 0 saturated heterocycles. The average molecular weight is 228 g/mol. The van der Waals surface area contributed by atoms with Gasteiger partial charge in [0.15, 0.2) is 0 Å². The first kappa shape index (κ1) is 9.89. The predicted octanol–water partition coefficient (Wildman–Crippen LogP) is 1.16. The molecule has 0 saturated carbocycles. The highest BCUT2D eigenvalue weighted by atomic mass is 16.1. The van der Waals surface area contributed by atoms with E-state index in [-0.39, 0.29) is 5.91 Å². The van der Waals surface area contributed by atoms with E-state index in [1.165, 1.54) is 0 Å². The molecule has 0 spiro atoms. The average Bonchev–Trinajstić information content (AvgIpc) is 2.81. The van der Waals surface area contributed by atoms with Crippen molar-refractivity contribution in [2.75, 3.05) is 11.1 Å². The van der Waals surface area contributed by atoms with Crippen LogP contribution < -0.4 is 11.1 Å². The molecule has 0 fully saturated rings. The van der Waals surface area contributed by atoms with E-state index in [0.717, 1.165) is 22.4 Å². The molecule has 86 valence electrons. The van der Waals surface area contributed by atoms with Crippen molar-refractivity contribution >= 4 is 17.4 Å². The molecule has 0 aliphatic carbocycles. The van der Waals surface area contributed by atoms with Crippen LogP contribution in [0, 0.1) is 0 Å². The molecule has 0 bridgehead atoms. The lowest BCUT2D eigenvalue weighted by Gasteiger charge is -2.03. The number of carbonyl (C=O) groups is 1. The zero-order valence-electron chi connectivity index (χ0n) is 9.40. The van der Waals surface area contributed by atoms with Crippen LogP contribution in [0.2, 0.25) is 0 Å². The van der Waals surface area contributed by atoms with Gasteiger partial charge >= 0.3 is 0 Å². The highest BCUT2D eigenvalue weighted by molar-refractivity contribution is 5.99. The summed E-state index contributed by atoms with van der Waals surface area (Å²) in [5, 5.41) is 6.91. The van der Waals surface area contributed by atoms with Crippen molar-refractivity contribution in [3.63, 3.8) is 0 Å². The Hall–Kier alpha value is -2.30. The van der Waals surface area contributed by atoms with E-state index < -0.39 is 0 Å². The van der Waals surface area contributed by atoms with Gasteiger partial charge in [0.2, 0.25) is 5.91 Å². The molecular weight excluding hydrogens is 216 g/mol. The highest BCUT2D eigenvalue weighted by Crippen LogP contribution is 2.31. The molecule has 0 radical (unpaired) electrons. The molecule has 1 aliphatic heterocycles. The number of hydrogen-bond acceptors (Lipinski definition) is 3. The summed E-state index contributed by atoms with van der Waals surface area (Å²) >= 11 is 0. The Balaban J connectivity index is 2.09. The van der Waals surface area contributed by atoms with Crippen molar-refractivity contribution in [1.82, 2.24) is 9.78 Å². The van der Waals surface area contributed by atoms with E-state index in [1.807, 2.05) is 18.2 Å². The van der Waals surface area contributed by atoms with Gasteiger partial charge < -0.3 is 11.1 Å². The standard InChI is InChI=1S/C12H12N4O/c1-16-12(13)9(6-14-16)7-2-3-10-8(4-7)5-11(17)15-10/h2-4,6H,5,13H2,1H3,(H,15,17). The first-order chi connectivity index (χ1) is 8.15. The summed E-state index contributed by atoms with van der Waals surface area (Å²) in [5.41, 5.74) is 9.71. The van der Waals surface area contributed by atoms with Gasteiger partial charge in [-0.05, 0) is 23.3 Å². The molecule has 1 aromatic carbocycles. The summed E-state index contributed by atoms with van der Waals surface area (Å²) in [6.45, 7) is 0. The Kier molecular flexibility index (Phi) is 1.95. The van der Waals surface area contributed by atoms with Crippen molar-refractivity contribution in [2.45, 2.75) is 6.42 Å². The number of aryl methyl sites for hydroxylation is 1. The molecule has 2 aromatic rings. The zero-order valence-corrected chi connectivity index (χ0v) is 9.40. The number of rotatable bonds is 1. The van der Waals surface area contributed by atoms with Gasteiger partial charge in [0.1, 0.15) is 5.82 Å². The van der Waals surface area contributed by atoms with E-state index >= 15 is 0 Å². The smallest absolute Gasteiger partial charge is 0.228 e. The van der Waals surface area contributed by atoms with Gasteiger partial charge in [-0.25, -0.2) is 0 Å². The lowest BCUT2D eigenvalue weighted by Crippen LogP contribution is -2.03. The second-order valence-corrected chi connectivity index (χ2v) is 4.16. The summed E-state index contributed by atoms with van der Waals surface area (Å²) in [7, 11) is 1.80. The number of benzene rings is 1. The Labute approximate surface area is 98.2 Å². The molecule has 1 amide bonds. The van der Waals surface area contributed by atoms with E-state index in [2.05, 4.69) is 10.4 Å². The van der Waals surface area contributed by atoms with Crippen molar-refractivity contribution in [1.29, 1.82) is 0 Å². The van der Waals surface area contributed by atoms with Crippen LogP contribution in [-0.2, 0) is 18.3 Å². The Morgan fingerprint density at radius 1 is 1.47 bits per heavy atom. The van der Waals surface area contributed by atoms with E-state index in [4.69, 9.17) is 5.73 Å². The van der Waals surface area contributed by atoms with Crippen molar-refractivity contribution < 1.29 is 4.79 Å². The SMILES string of the molecule is Cn1ncc(-c2ccc3c(c2)CC(=O)N3)c1N. The molecule has 1 aliphatic rings. The molecule has 2 heterocycles. The molecule has 3 rings (SSSR count). The van der Waals surface area contributed by atoms with Crippen LogP contribution in [-0.4, -0.2) is 15.7 Å². The second-order valence-electron chi connectivity index (χ2n) is 4.16. The predicted molar refractivity (Wildman–Crippen MR) is 65.4 cm³/mol. The van der Waals surface area contributed by atoms with Gasteiger partial charge in [0.05, 0.1) is 12.6 Å². The van der Waals surface area contributed by atoms with Crippen LogP contribution >= 0.6 is 0 Å². The second kappa shape index (κ2) is 3.35. The Morgan fingerprint density at radius 2 is 2.29 bits per heavy atom. The minimum Gasteiger partial charge on any atom is -0.383 e. The van der Waals surface area contributed by atoms with Gasteiger partial charge in [-0.1, -0.05) is 6.07 Å². The van der Waals surface area contributed by atoms with Crippen LogP contribution in [0.4, 0.5) is 11.5 Å². The number of nitrogens with one attached hydrogen (secondary N) is 1. The molecule has 0 atom stereocenters. The maximum absolute atomic E-state index is 11.3. The summed E-state index contributed by atoms with van der Waals surface area (Å²) in [6.07, 6.45) is 2.17. The number of nitrogens with two attached hydrogens (primary N) is 1. The first-order valence-corrected chi connectivity index (χ1v) is 5.36. The lowest BCUT2D eigenvalue weighted by atomic mass is 10.0. The number of nitrogens with zero attached hydrogens (tertiary/aromatic N) is 2. The molecule has 3 N–H and O–H groups in total. The van der Waals surface area contributed by atoms with Crippen molar-refractivity contribution in [3.05, 3.63) is 30.0 Å². The molecule has 1 aromatic heterocycles. The van der Waals surface area contributed by atoms with Crippen LogP contribution in [0.1, 0.15) is 5.56 Å². The number of fused-ring (bicyclic) bond motifs is 1. The third kappa shape index (κ3) is 1.47. The van der Waals surface area contributed by atoms with Gasteiger partial charge in [-0.2, -0.15) is 5.10 Å². The van der Waals surface area contributed by atoms with E-state index in [9.17, 15) is 4.79 Å². The fraction of sp³-hybridized carbons (Fsp3) is 0.167. The topological polar surface area (TPSA) is 72.9 Å². The molecule has 5 nitrogen and oxygen atoms in total. The highest BCUT2D eigenvalue weighted by Gasteiger charge is 2.18. The maximum atomic E-state index is 11.3.